The summed E-state index contributed by atoms with van der Waals surface area (Å²) >= 11 is 0. The van der Waals surface area contributed by atoms with Gasteiger partial charge in [-0.25, -0.2) is 0 Å². The van der Waals surface area contributed by atoms with E-state index in [1.165, 1.54) is 27.7 Å². The van der Waals surface area contributed by atoms with Crippen LogP contribution in [0.1, 0.15) is 85.5 Å². The molecule has 61 heavy (non-hydrogen) atoms. The summed E-state index contributed by atoms with van der Waals surface area (Å²) < 4.78 is 12.5. The average Bonchev–Trinajstić information content (AvgIpc) is 3.70. The van der Waals surface area contributed by atoms with E-state index in [-0.39, 0.29) is 52.7 Å². The Morgan fingerprint density at radius 3 is 2.59 bits per heavy atom. The molecule has 3 aromatic rings. The zero-order valence-corrected chi connectivity index (χ0v) is 34.7. The Labute approximate surface area is 359 Å². The Morgan fingerprint density at radius 1 is 0.951 bits per heavy atom. The second-order valence-corrected chi connectivity index (χ2v) is 20.2. The minimum Gasteiger partial charge on any atom is -0.511 e. The standard InChI is InChI=1S/C47H46N2O10S2/c50-19-24-6-1-5-23(15-24)16-25-17-31-38(53)27-8-3-11-32-36(27)40(55)46(31,34(52)18-25)22-60-61-43-28-9-2-7-26-29-10-4-13-45(29,30-12-14-48-42(49-43)37(30)35(26)28)21-47(57)39(54)33(20-51)59-44(58-32)41(47)56/h1-3,5-9,11-12,15,17-18,29,31,33,39,41,43-44,48-52,54,56-57H,4,10,13-14,16,19-22H2/t29-,31-,33-,39-,41+,43+,44-,45+,46+,47+/m1/s1. The summed E-state index contributed by atoms with van der Waals surface area (Å²) in [6, 6.07) is 18.3. The van der Waals surface area contributed by atoms with Gasteiger partial charge in [0.2, 0.25) is 6.29 Å². The molecule has 316 valence electrons. The van der Waals surface area contributed by atoms with Gasteiger partial charge in [-0.3, -0.25) is 9.59 Å². The third kappa shape index (κ3) is 5.56. The molecule has 6 heterocycles. The average molecular weight is 863 g/mol. The lowest BCUT2D eigenvalue weighted by Crippen LogP contribution is -2.69. The second kappa shape index (κ2) is 14.3. The number of aliphatic hydroxyl groups excluding tert-OH is 5. The zero-order chi connectivity index (χ0) is 42.0. The van der Waals surface area contributed by atoms with E-state index < -0.39 is 65.1 Å². The molecule has 12 bridgehead atoms. The second-order valence-electron chi connectivity index (χ2n) is 17.7. The minimum absolute atomic E-state index is 0.0112. The van der Waals surface area contributed by atoms with Crippen LogP contribution in [0, 0.1) is 16.7 Å². The topological polar surface area (TPSA) is 198 Å². The van der Waals surface area contributed by atoms with Crippen LogP contribution >= 0.6 is 21.6 Å². The van der Waals surface area contributed by atoms with Crippen molar-refractivity contribution in [2.45, 2.75) is 80.2 Å². The first kappa shape index (κ1) is 39.5. The number of carbonyl (C=O) groups is 2. The van der Waals surface area contributed by atoms with Crippen LogP contribution in [-0.4, -0.2) is 91.3 Å². The maximum absolute atomic E-state index is 15.4. The highest BCUT2D eigenvalue weighted by atomic mass is 33.1. The molecule has 4 aliphatic carbocycles. The largest absolute Gasteiger partial charge is 0.511 e. The highest BCUT2D eigenvalue weighted by Crippen LogP contribution is 2.68. The van der Waals surface area contributed by atoms with Crippen LogP contribution in [0.3, 0.4) is 0 Å². The van der Waals surface area contributed by atoms with Gasteiger partial charge in [-0.15, -0.1) is 0 Å². The Morgan fingerprint density at radius 2 is 1.75 bits per heavy atom. The number of Topliss-reactive ketones (excluding diaryl/α,β-unsaturated/α-hetero) is 2. The Hall–Kier alpha value is -4.38. The molecule has 10 aliphatic rings. The van der Waals surface area contributed by atoms with Crippen LogP contribution in [0.4, 0.5) is 0 Å². The van der Waals surface area contributed by atoms with Crippen molar-refractivity contribution in [3.63, 3.8) is 0 Å². The molecule has 3 aromatic carbocycles. The molecule has 2 fully saturated rings. The van der Waals surface area contributed by atoms with Crippen molar-refractivity contribution in [2.24, 2.45) is 16.7 Å². The van der Waals surface area contributed by atoms with Crippen LogP contribution < -0.4 is 15.4 Å². The third-order valence-corrected chi connectivity index (χ3v) is 17.2. The zero-order valence-electron chi connectivity index (χ0n) is 33.0. The maximum Gasteiger partial charge on any atom is 0.229 e. The Balaban J connectivity index is 1.09. The fourth-order valence-corrected chi connectivity index (χ4v) is 14.8. The molecule has 0 amide bonds. The van der Waals surface area contributed by atoms with E-state index in [1.807, 2.05) is 30.3 Å². The van der Waals surface area contributed by atoms with Gasteiger partial charge >= 0.3 is 0 Å². The van der Waals surface area contributed by atoms with E-state index in [0.29, 0.717) is 25.0 Å². The lowest BCUT2D eigenvalue weighted by atomic mass is 9.55. The van der Waals surface area contributed by atoms with Crippen molar-refractivity contribution in [1.82, 2.24) is 10.6 Å². The van der Waals surface area contributed by atoms with E-state index in [1.54, 1.807) is 24.3 Å². The van der Waals surface area contributed by atoms with Crippen molar-refractivity contribution in [3.05, 3.63) is 141 Å². The van der Waals surface area contributed by atoms with Crippen molar-refractivity contribution in [1.29, 1.82) is 0 Å². The number of hydrogen-bond acceptors (Lipinski definition) is 14. The maximum atomic E-state index is 15.4. The van der Waals surface area contributed by atoms with Crippen molar-refractivity contribution in [3.8, 4) is 5.75 Å². The van der Waals surface area contributed by atoms with Gasteiger partial charge in [-0.2, -0.15) is 0 Å². The van der Waals surface area contributed by atoms with Crippen LogP contribution in [-0.2, 0) is 17.8 Å². The predicted molar refractivity (Wildman–Crippen MR) is 228 cm³/mol. The molecule has 6 aliphatic heterocycles. The number of hydrogen-bond donors (Lipinski definition) is 8. The van der Waals surface area contributed by atoms with Crippen LogP contribution in [0.2, 0.25) is 0 Å². The molecule has 1 saturated carbocycles. The minimum atomic E-state index is -2.26. The number of nitrogens with one attached hydrogen (secondary N) is 2. The summed E-state index contributed by atoms with van der Waals surface area (Å²) in [5.74, 6) is -1.61. The number of ether oxygens (including phenoxy) is 2. The quantitative estimate of drug-likeness (QED) is 0.165. The van der Waals surface area contributed by atoms with Gasteiger partial charge in [0.05, 0.1) is 24.7 Å². The summed E-state index contributed by atoms with van der Waals surface area (Å²) in [6.45, 7) is -0.331. The number of allylic oxidation sites excluding steroid dienone is 6. The van der Waals surface area contributed by atoms with Gasteiger partial charge in [0.15, 0.2) is 11.6 Å². The molecule has 13 rings (SSSR count). The van der Waals surface area contributed by atoms with Gasteiger partial charge < -0.3 is 50.7 Å². The number of aliphatic hydroxyl groups is 6. The van der Waals surface area contributed by atoms with Crippen molar-refractivity contribution in [2.75, 3.05) is 18.9 Å². The fraction of sp³-hybridized carbons (Fsp3) is 0.404. The highest BCUT2D eigenvalue weighted by molar-refractivity contribution is 8.76. The first-order valence-electron chi connectivity index (χ1n) is 20.9. The molecule has 8 N–H and O–H groups in total. The molecule has 12 nitrogen and oxygen atoms in total. The lowest BCUT2D eigenvalue weighted by Gasteiger charge is -2.55. The number of carbonyl (C=O) groups excluding carboxylic acids is 2. The number of rotatable bonds is 4. The number of dihydropyridines is 1. The van der Waals surface area contributed by atoms with Crippen LogP contribution in [0.5, 0.6) is 5.75 Å². The first-order chi connectivity index (χ1) is 29.5. The summed E-state index contributed by atoms with van der Waals surface area (Å²) in [7, 11) is 2.92. The normalized spacial score (nSPS) is 35.7. The van der Waals surface area contributed by atoms with Gasteiger partial charge in [0.25, 0.3) is 0 Å². The van der Waals surface area contributed by atoms with Gasteiger partial charge in [-0.05, 0) is 82.7 Å². The van der Waals surface area contributed by atoms with Crippen LogP contribution in [0.15, 0.2) is 102 Å². The Bertz CT molecular complexity index is 2540. The molecule has 14 heteroatoms. The third-order valence-electron chi connectivity index (χ3n) is 14.6. The monoisotopic (exact) mass is 862 g/mol. The van der Waals surface area contributed by atoms with Gasteiger partial charge in [-0.1, -0.05) is 94.8 Å². The summed E-state index contributed by atoms with van der Waals surface area (Å²) in [5, 5.41) is 76.8. The molecular weight excluding hydrogens is 817 g/mol. The van der Waals surface area contributed by atoms with Crippen LogP contribution in [0.25, 0.3) is 5.57 Å². The van der Waals surface area contributed by atoms with Gasteiger partial charge in [0.1, 0.15) is 52.0 Å². The van der Waals surface area contributed by atoms with E-state index in [0.717, 1.165) is 57.6 Å². The molecule has 0 radical (unpaired) electrons. The Kier molecular flexibility index (Phi) is 9.27. The smallest absolute Gasteiger partial charge is 0.229 e. The number of ketones is 2. The van der Waals surface area contributed by atoms with E-state index >= 15 is 4.79 Å². The molecular formula is C47H46N2O10S2. The van der Waals surface area contributed by atoms with E-state index in [4.69, 9.17) is 9.47 Å². The van der Waals surface area contributed by atoms with E-state index in [9.17, 15) is 35.4 Å². The number of benzene rings is 3. The molecule has 10 atom stereocenters. The summed E-state index contributed by atoms with van der Waals surface area (Å²) in [5.41, 5.74) is 2.81. The SMILES string of the molecule is O=C1c2cccc3c2C(=O)[C@]2(CSS[C@@H]4NC5=C6C(=CCN5)[C@@]5(CCC[C@@H]5c5cccc4c56)C[C@]4(O)[C@H](O)[C@@H](CO)O[C@@H](O3)[C@@H]4O)C(O)=CC(Cc3cccc(CO)c3)=C[C@H]12. The first-order valence-corrected chi connectivity index (χ1v) is 23.3. The fourth-order valence-electron chi connectivity index (χ4n) is 11.9. The lowest BCUT2D eigenvalue weighted by molar-refractivity contribution is -0.319. The van der Waals surface area contributed by atoms with Crippen molar-refractivity contribution < 1.29 is 49.7 Å². The highest BCUT2D eigenvalue weighted by Gasteiger charge is 2.64. The summed E-state index contributed by atoms with van der Waals surface area (Å²) in [6.07, 6.45) is 1.51. The summed E-state index contributed by atoms with van der Waals surface area (Å²) in [4.78, 5) is 30.4. The molecule has 0 unspecified atom stereocenters. The molecule has 2 spiro atoms. The predicted octanol–water partition coefficient (Wildman–Crippen LogP) is 4.89. The van der Waals surface area contributed by atoms with E-state index in [2.05, 4.69) is 28.8 Å². The molecule has 0 aromatic heterocycles. The molecule has 1 saturated heterocycles. The van der Waals surface area contributed by atoms with Gasteiger partial charge in [0, 0.05) is 28.8 Å². The van der Waals surface area contributed by atoms with Crippen molar-refractivity contribution >= 4 is 38.7 Å².